The van der Waals surface area contributed by atoms with Crippen molar-refractivity contribution in [1.82, 2.24) is 0 Å². The van der Waals surface area contributed by atoms with Crippen LogP contribution in [0, 0.1) is 40.4 Å². The summed E-state index contributed by atoms with van der Waals surface area (Å²) in [6.45, 7) is 4.11. The summed E-state index contributed by atoms with van der Waals surface area (Å²) in [5, 5.41) is 10.7. The lowest BCUT2D eigenvalue weighted by atomic mass is 9.44. The highest BCUT2D eigenvalue weighted by atomic mass is 16.5. The molecule has 0 amide bonds. The minimum absolute atomic E-state index is 0.109. The maximum Gasteiger partial charge on any atom is 0.302 e. The summed E-state index contributed by atoms with van der Waals surface area (Å²) in [6.07, 6.45) is 16.9. The highest BCUT2D eigenvalue weighted by Crippen LogP contribution is 2.69. The van der Waals surface area contributed by atoms with Crippen molar-refractivity contribution in [3.63, 3.8) is 0 Å². The van der Waals surface area contributed by atoms with E-state index >= 15 is 0 Å². The number of aliphatic hydroxyl groups excluding tert-OH is 1. The Balaban J connectivity index is 1.39. The lowest BCUT2D eigenvalue weighted by Crippen LogP contribution is -2.55. The molecule has 150 valence electrons. The van der Waals surface area contributed by atoms with E-state index in [2.05, 4.69) is 19.1 Å². The van der Waals surface area contributed by atoms with Crippen LogP contribution < -0.4 is 0 Å². The molecule has 4 unspecified atom stereocenters. The second-order valence-corrected chi connectivity index (χ2v) is 10.7. The lowest BCUT2D eigenvalue weighted by Gasteiger charge is -2.61. The van der Waals surface area contributed by atoms with E-state index in [1.807, 2.05) is 0 Å². The molecule has 5 aliphatic carbocycles. The van der Waals surface area contributed by atoms with Crippen molar-refractivity contribution in [3.8, 4) is 0 Å². The van der Waals surface area contributed by atoms with Gasteiger partial charge in [0.25, 0.3) is 0 Å². The summed E-state index contributed by atoms with van der Waals surface area (Å²) in [5.74, 6) is 3.57. The fourth-order valence-electron chi connectivity index (χ4n) is 8.80. The number of ether oxygens (including phenoxy) is 1. The van der Waals surface area contributed by atoms with Crippen molar-refractivity contribution in [3.05, 3.63) is 12.2 Å². The predicted molar refractivity (Wildman–Crippen MR) is 105 cm³/mol. The molecule has 0 aliphatic heterocycles. The summed E-state index contributed by atoms with van der Waals surface area (Å²) >= 11 is 0. The molecule has 4 fully saturated rings. The molecule has 5 rings (SSSR count). The van der Waals surface area contributed by atoms with Gasteiger partial charge in [0.1, 0.15) is 6.10 Å². The summed E-state index contributed by atoms with van der Waals surface area (Å²) in [6, 6.07) is 0. The average Bonchev–Trinajstić information content (AvgIpc) is 3.03. The Morgan fingerprint density at radius 1 is 1.04 bits per heavy atom. The number of hydrogen-bond donors (Lipinski definition) is 1. The van der Waals surface area contributed by atoms with Crippen LogP contribution in [0.5, 0.6) is 0 Å². The summed E-state index contributed by atoms with van der Waals surface area (Å²) in [7, 11) is 0. The van der Waals surface area contributed by atoms with Crippen LogP contribution in [0.3, 0.4) is 0 Å². The Labute approximate surface area is 163 Å². The highest BCUT2D eigenvalue weighted by molar-refractivity contribution is 5.66. The second-order valence-electron chi connectivity index (χ2n) is 10.7. The van der Waals surface area contributed by atoms with Gasteiger partial charge in [-0.25, -0.2) is 0 Å². The maximum absolute atomic E-state index is 11.4. The number of carbonyl (C=O) groups excluding carboxylic acids is 1. The van der Waals surface area contributed by atoms with Crippen LogP contribution in [0.15, 0.2) is 12.2 Å². The number of fused-ring (bicyclic) bond motifs is 4. The first-order chi connectivity index (χ1) is 12.9. The molecule has 0 aromatic heterocycles. The SMILES string of the molecule is CC(=O)O[C@@H]1CC[C@]2(C)C3CC[C@]45C=CC[C@@H](O)C4CCC5C3CC[C@H]2C1. The first kappa shape index (κ1) is 18.2. The standard InChI is InChI=1S/C24H36O3/c1-15(25)27-17-9-12-23(2)16(14-17)5-6-18-19(23)10-13-24-11-3-4-22(26)21(24)8-7-20(18)24/h3,11,16-22,26H,4-10,12-14H2,1-2H3/t16-,17+,18?,19?,20?,21?,22+,23-,24-/m0/s1. The van der Waals surface area contributed by atoms with Crippen molar-refractivity contribution in [2.75, 3.05) is 0 Å². The molecule has 3 nitrogen and oxygen atoms in total. The topological polar surface area (TPSA) is 46.5 Å². The molecule has 27 heavy (non-hydrogen) atoms. The van der Waals surface area contributed by atoms with Gasteiger partial charge in [0.15, 0.2) is 0 Å². The van der Waals surface area contributed by atoms with E-state index in [0.717, 1.165) is 42.9 Å². The number of esters is 1. The van der Waals surface area contributed by atoms with Crippen LogP contribution >= 0.6 is 0 Å². The van der Waals surface area contributed by atoms with Gasteiger partial charge in [-0.1, -0.05) is 19.1 Å². The van der Waals surface area contributed by atoms with Gasteiger partial charge in [-0.05, 0) is 105 Å². The molecule has 0 aromatic carbocycles. The van der Waals surface area contributed by atoms with E-state index < -0.39 is 0 Å². The predicted octanol–water partition coefficient (Wildman–Crippen LogP) is 4.88. The molecular formula is C24H36O3. The van der Waals surface area contributed by atoms with Crippen LogP contribution in [0.1, 0.15) is 78.1 Å². The minimum Gasteiger partial charge on any atom is -0.463 e. The van der Waals surface area contributed by atoms with Gasteiger partial charge in [-0.15, -0.1) is 0 Å². The van der Waals surface area contributed by atoms with Crippen molar-refractivity contribution in [1.29, 1.82) is 0 Å². The Morgan fingerprint density at radius 3 is 2.67 bits per heavy atom. The van der Waals surface area contributed by atoms with Gasteiger partial charge in [0.2, 0.25) is 0 Å². The first-order valence-electron chi connectivity index (χ1n) is 11.5. The van der Waals surface area contributed by atoms with Crippen LogP contribution in [0.4, 0.5) is 0 Å². The average molecular weight is 373 g/mol. The monoisotopic (exact) mass is 372 g/mol. The molecule has 0 saturated heterocycles. The van der Waals surface area contributed by atoms with Crippen molar-refractivity contribution in [2.24, 2.45) is 40.4 Å². The summed E-state index contributed by atoms with van der Waals surface area (Å²) < 4.78 is 5.60. The molecule has 0 heterocycles. The quantitative estimate of drug-likeness (QED) is 0.527. The minimum atomic E-state index is -0.114. The molecule has 1 spiro atoms. The highest BCUT2D eigenvalue weighted by Gasteiger charge is 2.62. The first-order valence-corrected chi connectivity index (χ1v) is 11.5. The number of aliphatic hydroxyl groups is 1. The third kappa shape index (κ3) is 2.59. The van der Waals surface area contributed by atoms with Gasteiger partial charge < -0.3 is 9.84 Å². The molecule has 0 aromatic rings. The fraction of sp³-hybridized carbons (Fsp3) is 0.875. The van der Waals surface area contributed by atoms with Crippen molar-refractivity contribution < 1.29 is 14.6 Å². The maximum atomic E-state index is 11.4. The Kier molecular flexibility index (Phi) is 4.28. The molecule has 9 atom stereocenters. The van der Waals surface area contributed by atoms with E-state index in [1.54, 1.807) is 6.92 Å². The van der Waals surface area contributed by atoms with Crippen molar-refractivity contribution in [2.45, 2.75) is 90.3 Å². The molecule has 4 saturated carbocycles. The third-order valence-corrected chi connectivity index (χ3v) is 9.87. The normalized spacial score (nSPS) is 53.7. The largest absolute Gasteiger partial charge is 0.463 e. The van der Waals surface area contributed by atoms with E-state index in [4.69, 9.17) is 4.74 Å². The molecule has 0 bridgehead atoms. The fourth-order valence-corrected chi connectivity index (χ4v) is 8.80. The van der Waals surface area contributed by atoms with E-state index in [-0.39, 0.29) is 18.2 Å². The number of carbonyl (C=O) groups is 1. The van der Waals surface area contributed by atoms with E-state index in [0.29, 0.717) is 16.7 Å². The summed E-state index contributed by atoms with van der Waals surface area (Å²) in [4.78, 5) is 11.4. The van der Waals surface area contributed by atoms with Gasteiger partial charge >= 0.3 is 5.97 Å². The van der Waals surface area contributed by atoms with Gasteiger partial charge in [-0.2, -0.15) is 0 Å². The van der Waals surface area contributed by atoms with E-state index in [1.165, 1.54) is 44.9 Å². The van der Waals surface area contributed by atoms with Gasteiger partial charge in [0.05, 0.1) is 6.10 Å². The zero-order chi connectivity index (χ0) is 18.8. The Morgan fingerprint density at radius 2 is 1.85 bits per heavy atom. The number of hydrogen-bond acceptors (Lipinski definition) is 3. The Bertz CT molecular complexity index is 642. The second kappa shape index (κ2) is 6.34. The zero-order valence-corrected chi connectivity index (χ0v) is 17.0. The molecule has 5 aliphatic rings. The third-order valence-electron chi connectivity index (χ3n) is 9.87. The number of allylic oxidation sites excluding steroid dienone is 1. The molecular weight excluding hydrogens is 336 g/mol. The molecule has 0 radical (unpaired) electrons. The van der Waals surface area contributed by atoms with Gasteiger partial charge in [0, 0.05) is 6.92 Å². The van der Waals surface area contributed by atoms with Gasteiger partial charge in [-0.3, -0.25) is 4.79 Å². The zero-order valence-electron chi connectivity index (χ0n) is 17.0. The number of rotatable bonds is 1. The van der Waals surface area contributed by atoms with Crippen LogP contribution in [-0.2, 0) is 9.53 Å². The van der Waals surface area contributed by atoms with E-state index in [9.17, 15) is 9.90 Å². The molecule has 1 N–H and O–H groups in total. The smallest absolute Gasteiger partial charge is 0.302 e. The summed E-state index contributed by atoms with van der Waals surface area (Å²) in [5.41, 5.74) is 0.729. The lowest BCUT2D eigenvalue weighted by molar-refractivity contribution is -0.160. The molecule has 3 heteroatoms. The van der Waals surface area contributed by atoms with Crippen LogP contribution in [0.25, 0.3) is 0 Å². The van der Waals surface area contributed by atoms with Crippen LogP contribution in [-0.4, -0.2) is 23.3 Å². The van der Waals surface area contributed by atoms with Crippen molar-refractivity contribution >= 4 is 5.97 Å². The Hall–Kier alpha value is -0.830. The van der Waals surface area contributed by atoms with Crippen LogP contribution in [0.2, 0.25) is 0 Å².